The van der Waals surface area contributed by atoms with Crippen molar-refractivity contribution in [1.82, 2.24) is 30.1 Å². The molecule has 5 aromatic rings. The third-order valence-electron chi connectivity index (χ3n) is 7.34. The van der Waals surface area contributed by atoms with Gasteiger partial charge in [0, 0.05) is 24.0 Å². The predicted molar refractivity (Wildman–Crippen MR) is 156 cm³/mol. The molecule has 3 aromatic carbocycles. The number of H-pyrrole nitrogens is 1. The molecule has 8 heteroatoms. The monoisotopic (exact) mass is 538 g/mol. The van der Waals surface area contributed by atoms with Crippen molar-refractivity contribution in [2.45, 2.75) is 59.2 Å². The average Bonchev–Trinajstić information content (AvgIpc) is 3.42. The molecule has 0 radical (unpaired) electrons. The normalized spacial score (nSPS) is 12.8. The number of fused-ring (bicyclic) bond motifs is 1. The zero-order valence-electron chi connectivity index (χ0n) is 23.6. The molecule has 0 amide bonds. The lowest BCUT2D eigenvalue weighted by atomic mass is 9.98. The Balaban J connectivity index is 1.71. The average molecular weight is 539 g/mol. The van der Waals surface area contributed by atoms with Crippen LogP contribution < -0.4 is 5.56 Å². The predicted octanol–water partition coefficient (Wildman–Crippen LogP) is 5.86. The summed E-state index contributed by atoms with van der Waals surface area (Å²) in [7, 11) is 0. The number of aromatic nitrogens is 5. The smallest absolute Gasteiger partial charge is 0.253 e. The van der Waals surface area contributed by atoms with Crippen LogP contribution >= 0.6 is 0 Å². The van der Waals surface area contributed by atoms with Gasteiger partial charge >= 0.3 is 0 Å². The maximum atomic E-state index is 13.9. The molecule has 40 heavy (non-hydrogen) atoms. The summed E-state index contributed by atoms with van der Waals surface area (Å²) in [4.78, 5) is 19.2. The van der Waals surface area contributed by atoms with Crippen molar-refractivity contribution in [3.05, 3.63) is 123 Å². The molecule has 1 atom stereocenters. The molecule has 0 unspecified atom stereocenters. The highest BCUT2D eigenvalue weighted by Crippen LogP contribution is 2.32. The number of aromatic amines is 1. The van der Waals surface area contributed by atoms with Crippen LogP contribution in [0.15, 0.2) is 77.6 Å². The van der Waals surface area contributed by atoms with E-state index in [0.717, 1.165) is 34.0 Å². The first-order valence-electron chi connectivity index (χ1n) is 13.6. The quantitative estimate of drug-likeness (QED) is 0.268. The summed E-state index contributed by atoms with van der Waals surface area (Å²) in [5.41, 5.74) is 4.98. The lowest BCUT2D eigenvalue weighted by molar-refractivity contribution is 0.195. The summed E-state index contributed by atoms with van der Waals surface area (Å²) >= 11 is 0. The fraction of sp³-hybridized carbons (Fsp3) is 0.312. The van der Waals surface area contributed by atoms with E-state index in [1.165, 1.54) is 17.7 Å². The van der Waals surface area contributed by atoms with Gasteiger partial charge in [-0.05, 0) is 91.9 Å². The zero-order valence-corrected chi connectivity index (χ0v) is 23.6. The van der Waals surface area contributed by atoms with Crippen LogP contribution in [0.1, 0.15) is 60.5 Å². The fourth-order valence-corrected chi connectivity index (χ4v) is 5.18. The van der Waals surface area contributed by atoms with Crippen molar-refractivity contribution in [3.8, 4) is 0 Å². The first-order valence-corrected chi connectivity index (χ1v) is 13.6. The van der Waals surface area contributed by atoms with Gasteiger partial charge in [0.2, 0.25) is 0 Å². The highest BCUT2D eigenvalue weighted by Gasteiger charge is 2.33. The number of hydrogen-bond donors (Lipinski definition) is 1. The van der Waals surface area contributed by atoms with Crippen LogP contribution in [-0.4, -0.2) is 36.6 Å². The largest absolute Gasteiger partial charge is 0.321 e. The van der Waals surface area contributed by atoms with Gasteiger partial charge in [-0.3, -0.25) is 9.69 Å². The molecule has 0 fully saturated rings. The minimum Gasteiger partial charge on any atom is -0.321 e. The molecule has 0 aliphatic heterocycles. The van der Waals surface area contributed by atoms with Crippen molar-refractivity contribution in [2.75, 3.05) is 6.54 Å². The minimum atomic E-state index is -0.559. The Morgan fingerprint density at radius 3 is 2.35 bits per heavy atom. The van der Waals surface area contributed by atoms with E-state index >= 15 is 0 Å². The van der Waals surface area contributed by atoms with Crippen molar-refractivity contribution < 1.29 is 4.39 Å². The summed E-state index contributed by atoms with van der Waals surface area (Å²) in [6, 6.07) is 22.3. The second kappa shape index (κ2) is 11.1. The second-order valence-electron chi connectivity index (χ2n) is 11.4. The van der Waals surface area contributed by atoms with Crippen molar-refractivity contribution >= 4 is 10.9 Å². The number of rotatable bonds is 8. The Morgan fingerprint density at radius 1 is 0.950 bits per heavy atom. The van der Waals surface area contributed by atoms with Gasteiger partial charge in [0.1, 0.15) is 11.9 Å². The Labute approximate surface area is 233 Å². The van der Waals surface area contributed by atoms with Gasteiger partial charge in [-0.15, -0.1) is 5.10 Å². The van der Waals surface area contributed by atoms with Crippen LogP contribution in [0.5, 0.6) is 0 Å². The van der Waals surface area contributed by atoms with Crippen LogP contribution in [0.2, 0.25) is 0 Å². The van der Waals surface area contributed by atoms with Crippen LogP contribution in [0, 0.1) is 19.7 Å². The number of aryl methyl sites for hydroxylation is 2. The topological polar surface area (TPSA) is 79.7 Å². The molecule has 0 aliphatic carbocycles. The minimum absolute atomic E-state index is 0.182. The molecular weight excluding hydrogens is 503 g/mol. The molecule has 0 aliphatic rings. The molecule has 2 heterocycles. The SMILES string of the molecule is Cc1ccc(C)c2[nH]c(=O)c([C@@H](c3nnnn3C(C)(C)C)N(CCc3ccccc3)Cc3ccc(F)cc3)cc12. The highest BCUT2D eigenvalue weighted by molar-refractivity contribution is 5.85. The lowest BCUT2D eigenvalue weighted by Gasteiger charge is -2.33. The molecule has 7 nitrogen and oxygen atoms in total. The van der Waals surface area contributed by atoms with E-state index in [2.05, 4.69) is 43.6 Å². The Hall–Kier alpha value is -4.17. The summed E-state index contributed by atoms with van der Waals surface area (Å²) in [6.45, 7) is 11.2. The van der Waals surface area contributed by atoms with Crippen molar-refractivity contribution in [3.63, 3.8) is 0 Å². The first-order chi connectivity index (χ1) is 19.1. The van der Waals surface area contributed by atoms with Gasteiger partial charge in [0.05, 0.1) is 11.1 Å². The van der Waals surface area contributed by atoms with E-state index in [1.807, 2.05) is 65.0 Å². The van der Waals surface area contributed by atoms with E-state index in [-0.39, 0.29) is 11.4 Å². The van der Waals surface area contributed by atoms with Crippen LogP contribution in [0.3, 0.4) is 0 Å². The number of hydrogen-bond acceptors (Lipinski definition) is 5. The number of pyridine rings is 1. The van der Waals surface area contributed by atoms with E-state index in [4.69, 9.17) is 0 Å². The van der Waals surface area contributed by atoms with Gasteiger partial charge in [0.25, 0.3) is 5.56 Å². The molecule has 0 saturated carbocycles. The second-order valence-corrected chi connectivity index (χ2v) is 11.4. The summed E-state index contributed by atoms with van der Waals surface area (Å²) in [5, 5.41) is 13.9. The molecule has 0 saturated heterocycles. The molecule has 5 rings (SSSR count). The highest BCUT2D eigenvalue weighted by atomic mass is 19.1. The summed E-state index contributed by atoms with van der Waals surface area (Å²) in [6.07, 6.45) is 0.749. The Morgan fingerprint density at radius 2 is 1.65 bits per heavy atom. The van der Waals surface area contributed by atoms with Gasteiger partial charge < -0.3 is 4.98 Å². The molecule has 206 valence electrons. The summed E-state index contributed by atoms with van der Waals surface area (Å²) < 4.78 is 15.6. The molecular formula is C32H35FN6O. The lowest BCUT2D eigenvalue weighted by Crippen LogP contribution is -2.38. The fourth-order valence-electron chi connectivity index (χ4n) is 5.18. The third kappa shape index (κ3) is 5.72. The third-order valence-corrected chi connectivity index (χ3v) is 7.34. The van der Waals surface area contributed by atoms with Gasteiger partial charge in [-0.1, -0.05) is 54.6 Å². The van der Waals surface area contributed by atoms with Crippen LogP contribution in [-0.2, 0) is 18.5 Å². The molecule has 1 N–H and O–H groups in total. The number of tetrazole rings is 1. The first kappa shape index (κ1) is 27.4. The van der Waals surface area contributed by atoms with Crippen LogP contribution in [0.4, 0.5) is 4.39 Å². The number of nitrogens with zero attached hydrogens (tertiary/aromatic N) is 5. The zero-order chi connectivity index (χ0) is 28.4. The van der Waals surface area contributed by atoms with Gasteiger partial charge in [-0.25, -0.2) is 9.07 Å². The maximum Gasteiger partial charge on any atom is 0.253 e. The standard InChI is InChI=1S/C32H35FN6O/c1-21-11-12-22(2)28-26(21)19-27(31(40)34-28)29(30-35-36-37-39(30)32(3,4)5)38(18-17-23-9-7-6-8-10-23)20-24-13-15-25(33)16-14-24/h6-16,19,29H,17-18,20H2,1-5H3,(H,34,40)/t29-/m0/s1. The van der Waals surface area contributed by atoms with Gasteiger partial charge in [-0.2, -0.15) is 0 Å². The Kier molecular flexibility index (Phi) is 7.63. The Bertz CT molecular complexity index is 1670. The van der Waals surface area contributed by atoms with E-state index in [1.54, 1.807) is 16.8 Å². The number of benzene rings is 3. The van der Waals surface area contributed by atoms with Crippen LogP contribution in [0.25, 0.3) is 10.9 Å². The van der Waals surface area contributed by atoms with E-state index in [0.29, 0.717) is 24.5 Å². The van der Waals surface area contributed by atoms with E-state index < -0.39 is 11.6 Å². The van der Waals surface area contributed by atoms with Crippen molar-refractivity contribution in [2.24, 2.45) is 0 Å². The maximum absolute atomic E-state index is 13.9. The molecule has 0 spiro atoms. The molecule has 2 aromatic heterocycles. The van der Waals surface area contributed by atoms with Gasteiger partial charge in [0.15, 0.2) is 5.82 Å². The number of halogens is 1. The van der Waals surface area contributed by atoms with E-state index in [9.17, 15) is 9.18 Å². The molecule has 0 bridgehead atoms. The summed E-state index contributed by atoms with van der Waals surface area (Å²) in [5.74, 6) is 0.294. The number of nitrogens with one attached hydrogen (secondary N) is 1. The van der Waals surface area contributed by atoms with Crippen molar-refractivity contribution in [1.29, 1.82) is 0 Å².